The lowest BCUT2D eigenvalue weighted by atomic mass is 10.1. The summed E-state index contributed by atoms with van der Waals surface area (Å²) in [5, 5.41) is 0. The van der Waals surface area contributed by atoms with Gasteiger partial charge in [0, 0.05) is 29.0 Å². The number of nitrogens with two attached hydrogens (primary N) is 1. The van der Waals surface area contributed by atoms with Gasteiger partial charge in [-0.2, -0.15) is 4.36 Å². The molecule has 0 atom stereocenters. The smallest absolute Gasteiger partial charge is 0.266 e. The number of amides is 1. The average molecular weight is 388 g/mol. The number of nitrogen functional groups attached to an aromatic ring is 1. The largest absolute Gasteiger partial charge is 0.396 e. The summed E-state index contributed by atoms with van der Waals surface area (Å²) in [6.07, 6.45) is 1.72. The fourth-order valence-corrected chi connectivity index (χ4v) is 3.85. The van der Waals surface area contributed by atoms with Gasteiger partial charge in [0.2, 0.25) is 0 Å². The number of carbonyl (C=O) groups is 1. The summed E-state index contributed by atoms with van der Waals surface area (Å²) in [5.41, 5.74) is 7.66. The minimum atomic E-state index is -0.0957. The summed E-state index contributed by atoms with van der Waals surface area (Å²) < 4.78 is 5.01. The fourth-order valence-electron chi connectivity index (χ4n) is 1.73. The van der Waals surface area contributed by atoms with Gasteiger partial charge in [-0.25, -0.2) is 0 Å². The van der Waals surface area contributed by atoms with E-state index in [1.807, 2.05) is 13.0 Å². The first-order chi connectivity index (χ1) is 9.49. The Bertz CT molecular complexity index is 645. The second kappa shape index (κ2) is 6.30. The van der Waals surface area contributed by atoms with E-state index >= 15 is 0 Å². The maximum Gasteiger partial charge on any atom is 0.266 e. The molecule has 0 spiro atoms. The van der Waals surface area contributed by atoms with Crippen molar-refractivity contribution in [2.75, 3.05) is 12.3 Å². The summed E-state index contributed by atoms with van der Waals surface area (Å²) in [7, 11) is 0. The van der Waals surface area contributed by atoms with Crippen LogP contribution in [0.5, 0.6) is 0 Å². The summed E-state index contributed by atoms with van der Waals surface area (Å²) in [4.78, 5) is 14.3. The van der Waals surface area contributed by atoms with E-state index in [9.17, 15) is 4.79 Å². The molecular formula is C12H10BrN3OS3. The van der Waals surface area contributed by atoms with Gasteiger partial charge >= 0.3 is 0 Å². The number of hydrogen-bond donors (Lipinski definition) is 1. The third-order valence-electron chi connectivity index (χ3n) is 2.77. The van der Waals surface area contributed by atoms with Crippen molar-refractivity contribution < 1.29 is 4.79 Å². The Balaban J connectivity index is 2.45. The molecule has 4 nitrogen and oxygen atoms in total. The van der Waals surface area contributed by atoms with Gasteiger partial charge in [-0.05, 0) is 35.0 Å². The van der Waals surface area contributed by atoms with Crippen molar-refractivity contribution in [1.82, 2.24) is 4.90 Å². The quantitative estimate of drug-likeness (QED) is 0.487. The lowest BCUT2D eigenvalue weighted by molar-refractivity contribution is -0.121. The molecule has 1 fully saturated rings. The van der Waals surface area contributed by atoms with Crippen LogP contribution >= 0.6 is 39.9 Å². The molecule has 8 heteroatoms. The molecule has 0 unspecified atom stereocenters. The van der Waals surface area contributed by atoms with Crippen LogP contribution in [0, 0.1) is 0 Å². The molecule has 1 amide bonds. The molecule has 1 aliphatic heterocycles. The van der Waals surface area contributed by atoms with Crippen LogP contribution in [-0.4, -0.2) is 21.7 Å². The van der Waals surface area contributed by atoms with Gasteiger partial charge < -0.3 is 5.73 Å². The molecule has 20 heavy (non-hydrogen) atoms. The number of likely N-dealkylation sites (N-methyl/N-ethyl adjacent to an activating group) is 1. The van der Waals surface area contributed by atoms with E-state index in [1.54, 1.807) is 17.0 Å². The van der Waals surface area contributed by atoms with Gasteiger partial charge in [0.1, 0.15) is 10.0 Å². The number of rotatable bonds is 3. The molecule has 2 N–H and O–H groups in total. The third-order valence-corrected chi connectivity index (χ3v) is 4.97. The van der Waals surface area contributed by atoms with Crippen LogP contribution in [0.3, 0.4) is 0 Å². The second-order valence-electron chi connectivity index (χ2n) is 3.92. The van der Waals surface area contributed by atoms with Gasteiger partial charge in [-0.1, -0.05) is 30.0 Å². The van der Waals surface area contributed by atoms with Crippen LogP contribution in [0.1, 0.15) is 12.5 Å². The van der Waals surface area contributed by atoms with Crippen LogP contribution in [0.25, 0.3) is 6.08 Å². The number of nitrogens with zero attached hydrogens (tertiary/aromatic N) is 2. The number of thioether (sulfide) groups is 1. The van der Waals surface area contributed by atoms with E-state index in [1.165, 1.54) is 11.8 Å². The SMILES string of the molecule is CCN1C(=O)/C(=C\c2ccc(Br)c(N=S)c2N)SC1=S. The number of carbonyl (C=O) groups excluding carboxylic acids is 1. The van der Waals surface area contributed by atoms with Crippen molar-refractivity contribution in [2.45, 2.75) is 6.92 Å². The maximum atomic E-state index is 12.1. The number of anilines is 1. The molecular weight excluding hydrogens is 378 g/mol. The van der Waals surface area contributed by atoms with Crippen LogP contribution in [0.15, 0.2) is 25.9 Å². The zero-order valence-electron chi connectivity index (χ0n) is 10.4. The van der Waals surface area contributed by atoms with Gasteiger partial charge in [0.25, 0.3) is 5.91 Å². The predicted molar refractivity (Wildman–Crippen MR) is 93.6 cm³/mol. The van der Waals surface area contributed by atoms with Gasteiger partial charge in [0.15, 0.2) is 0 Å². The number of thiocarbonyl (C=S) groups is 1. The molecule has 2 rings (SSSR count). The van der Waals surface area contributed by atoms with Crippen molar-refractivity contribution in [2.24, 2.45) is 4.36 Å². The summed E-state index contributed by atoms with van der Waals surface area (Å²) in [5.74, 6) is -0.0957. The van der Waals surface area contributed by atoms with Gasteiger partial charge in [-0.15, -0.1) is 0 Å². The highest BCUT2D eigenvalue weighted by atomic mass is 79.9. The van der Waals surface area contributed by atoms with E-state index in [-0.39, 0.29) is 5.91 Å². The molecule has 1 heterocycles. The van der Waals surface area contributed by atoms with E-state index in [4.69, 9.17) is 30.4 Å². The lowest BCUT2D eigenvalue weighted by Gasteiger charge is -2.09. The highest BCUT2D eigenvalue weighted by Crippen LogP contribution is 2.38. The first-order valence-corrected chi connectivity index (χ1v) is 8.04. The number of halogens is 1. The predicted octanol–water partition coefficient (Wildman–Crippen LogP) is 3.61. The highest BCUT2D eigenvalue weighted by molar-refractivity contribution is 9.10. The van der Waals surface area contributed by atoms with Crippen LogP contribution in [-0.2, 0) is 17.2 Å². The molecule has 0 aliphatic carbocycles. The van der Waals surface area contributed by atoms with Crippen molar-refractivity contribution in [1.29, 1.82) is 0 Å². The Kier molecular flexibility index (Phi) is 4.90. The molecule has 0 aromatic heterocycles. The summed E-state index contributed by atoms with van der Waals surface area (Å²) >= 11 is 14.5. The molecule has 1 aromatic rings. The molecule has 0 radical (unpaired) electrons. The normalized spacial score (nSPS) is 17.1. The summed E-state index contributed by atoms with van der Waals surface area (Å²) in [6.45, 7) is 2.44. The Hall–Kier alpha value is -0.830. The van der Waals surface area contributed by atoms with Crippen molar-refractivity contribution >= 4 is 80.0 Å². The number of benzene rings is 1. The molecule has 0 bridgehead atoms. The van der Waals surface area contributed by atoms with Gasteiger partial charge in [0.05, 0.1) is 10.6 Å². The van der Waals surface area contributed by atoms with Crippen molar-refractivity contribution in [3.8, 4) is 0 Å². The van der Waals surface area contributed by atoms with Crippen LogP contribution < -0.4 is 5.73 Å². The third kappa shape index (κ3) is 2.78. The van der Waals surface area contributed by atoms with Gasteiger partial charge in [-0.3, -0.25) is 9.69 Å². The highest BCUT2D eigenvalue weighted by Gasteiger charge is 2.30. The Labute approximate surface area is 140 Å². The van der Waals surface area contributed by atoms with Crippen molar-refractivity contribution in [3.63, 3.8) is 0 Å². The second-order valence-corrected chi connectivity index (χ2v) is 6.63. The van der Waals surface area contributed by atoms with E-state index in [2.05, 4.69) is 20.3 Å². The van der Waals surface area contributed by atoms with Crippen molar-refractivity contribution in [3.05, 3.63) is 27.1 Å². The maximum absolute atomic E-state index is 12.1. The molecule has 1 saturated heterocycles. The average Bonchev–Trinajstić information content (AvgIpc) is 2.68. The minimum Gasteiger partial charge on any atom is -0.396 e. The standard InChI is InChI=1S/C12H10BrN3OS3/c1-2-16-11(17)8(20-12(16)18)5-6-3-4-7(13)10(15-19)9(6)14/h3-5H,2,14H2,1H3/b8-5+. The first kappa shape index (κ1) is 15.6. The first-order valence-electron chi connectivity index (χ1n) is 5.66. The lowest BCUT2D eigenvalue weighted by Crippen LogP contribution is -2.27. The molecule has 1 aliphatic rings. The molecule has 104 valence electrons. The van der Waals surface area contributed by atoms with Crippen LogP contribution in [0.4, 0.5) is 11.4 Å². The zero-order valence-corrected chi connectivity index (χ0v) is 14.5. The van der Waals surface area contributed by atoms with E-state index in [0.717, 1.165) is 4.47 Å². The van der Waals surface area contributed by atoms with Crippen LogP contribution in [0.2, 0.25) is 0 Å². The topological polar surface area (TPSA) is 58.7 Å². The number of hydrogen-bond acceptors (Lipinski definition) is 6. The Morgan fingerprint density at radius 1 is 1.55 bits per heavy atom. The summed E-state index contributed by atoms with van der Waals surface area (Å²) in [6, 6.07) is 3.61. The molecule has 0 saturated carbocycles. The minimum absolute atomic E-state index is 0.0957. The molecule has 1 aromatic carbocycles. The fraction of sp³-hybridized carbons (Fsp3) is 0.167. The van der Waals surface area contributed by atoms with E-state index < -0.39 is 0 Å². The Morgan fingerprint density at radius 3 is 2.80 bits per heavy atom. The van der Waals surface area contributed by atoms with E-state index in [0.29, 0.717) is 32.7 Å². The zero-order chi connectivity index (χ0) is 14.9. The monoisotopic (exact) mass is 387 g/mol. The Morgan fingerprint density at radius 2 is 2.25 bits per heavy atom.